The molecule has 0 fully saturated rings. The molecule has 7 nitrogen and oxygen atoms in total. The van der Waals surface area contributed by atoms with Crippen LogP contribution in [-0.2, 0) is 11.3 Å². The Morgan fingerprint density at radius 2 is 1.63 bits per heavy atom. The van der Waals surface area contributed by atoms with Crippen molar-refractivity contribution in [1.29, 1.82) is 0 Å². The van der Waals surface area contributed by atoms with Crippen molar-refractivity contribution in [3.05, 3.63) is 29.8 Å². The molecule has 0 atom stereocenters. The van der Waals surface area contributed by atoms with E-state index in [1.54, 1.807) is 45.0 Å². The number of carbonyl (C=O) groups excluding carboxylic acids is 1. The Hall–Kier alpha value is -3.09. The Bertz CT molecular complexity index is 900. The largest absolute Gasteiger partial charge is 0.504 e. The van der Waals surface area contributed by atoms with Crippen LogP contribution < -0.4 is 14.4 Å². The summed E-state index contributed by atoms with van der Waals surface area (Å²) in [6, 6.07) is 7.10. The average molecular weight is 373 g/mol. The van der Waals surface area contributed by atoms with Crippen molar-refractivity contribution in [2.45, 2.75) is 32.9 Å². The second-order valence-corrected chi connectivity index (χ2v) is 7.20. The van der Waals surface area contributed by atoms with Crippen LogP contribution in [0, 0.1) is 0 Å². The number of anilines is 1. The fraction of sp³-hybridized carbons (Fsp3) is 0.350. The molecular formula is C20H23NO6. The average Bonchev–Trinajstić information content (AvgIpc) is 2.61. The SMILES string of the molecule is COc1c(O)c2c(c(O)c1OC)-c1ccccc1N(C(=O)OC(C)(C)C)C2. The van der Waals surface area contributed by atoms with Gasteiger partial charge in [0.2, 0.25) is 11.5 Å². The number of aromatic hydroxyl groups is 2. The topological polar surface area (TPSA) is 88.5 Å². The quantitative estimate of drug-likeness (QED) is 0.773. The third kappa shape index (κ3) is 3.09. The number of benzene rings is 2. The lowest BCUT2D eigenvalue weighted by atomic mass is 9.91. The number of nitrogens with zero attached hydrogens (tertiary/aromatic N) is 1. The normalized spacial score (nSPS) is 12.9. The van der Waals surface area contributed by atoms with Gasteiger partial charge in [-0.1, -0.05) is 18.2 Å². The van der Waals surface area contributed by atoms with Crippen LogP contribution in [0.25, 0.3) is 11.1 Å². The molecule has 2 N–H and O–H groups in total. The van der Waals surface area contributed by atoms with Gasteiger partial charge in [0.25, 0.3) is 0 Å². The van der Waals surface area contributed by atoms with Crippen molar-refractivity contribution in [3.63, 3.8) is 0 Å². The first kappa shape index (κ1) is 18.7. The number of carbonyl (C=O) groups is 1. The number of ether oxygens (including phenoxy) is 3. The van der Waals surface area contributed by atoms with Gasteiger partial charge in [0, 0.05) is 16.7 Å². The summed E-state index contributed by atoms with van der Waals surface area (Å²) in [5.41, 5.74) is 1.24. The van der Waals surface area contributed by atoms with E-state index in [0.717, 1.165) is 0 Å². The van der Waals surface area contributed by atoms with Crippen molar-refractivity contribution in [2.75, 3.05) is 19.1 Å². The van der Waals surface area contributed by atoms with Gasteiger partial charge < -0.3 is 24.4 Å². The molecule has 0 saturated carbocycles. The van der Waals surface area contributed by atoms with E-state index in [-0.39, 0.29) is 29.5 Å². The number of hydrogen-bond donors (Lipinski definition) is 2. The number of hydrogen-bond acceptors (Lipinski definition) is 6. The van der Waals surface area contributed by atoms with E-state index in [9.17, 15) is 15.0 Å². The number of para-hydroxylation sites is 1. The second kappa shape index (κ2) is 6.57. The zero-order valence-corrected chi connectivity index (χ0v) is 16.0. The summed E-state index contributed by atoms with van der Waals surface area (Å²) in [7, 11) is 2.75. The second-order valence-electron chi connectivity index (χ2n) is 7.20. The van der Waals surface area contributed by atoms with E-state index in [1.807, 2.05) is 0 Å². The Balaban J connectivity index is 2.24. The number of phenols is 2. The van der Waals surface area contributed by atoms with Crippen molar-refractivity contribution >= 4 is 11.8 Å². The molecule has 7 heteroatoms. The lowest BCUT2D eigenvalue weighted by Crippen LogP contribution is -2.38. The minimum atomic E-state index is -0.673. The maximum absolute atomic E-state index is 12.8. The summed E-state index contributed by atoms with van der Waals surface area (Å²) in [5, 5.41) is 21.5. The van der Waals surface area contributed by atoms with Crippen molar-refractivity contribution < 1.29 is 29.2 Å². The van der Waals surface area contributed by atoms with Crippen molar-refractivity contribution in [3.8, 4) is 34.1 Å². The maximum Gasteiger partial charge on any atom is 0.415 e. The molecule has 0 radical (unpaired) electrons. The summed E-state index contributed by atoms with van der Waals surface area (Å²) in [6.45, 7) is 5.37. The molecule has 3 rings (SSSR count). The molecule has 1 aliphatic rings. The van der Waals surface area contributed by atoms with E-state index in [1.165, 1.54) is 19.1 Å². The number of phenolic OH excluding ortho intramolecular Hbond substituents is 2. The van der Waals surface area contributed by atoms with Gasteiger partial charge in [-0.05, 0) is 26.8 Å². The smallest absolute Gasteiger partial charge is 0.415 e. The van der Waals surface area contributed by atoms with Crippen LogP contribution in [0.2, 0.25) is 0 Å². The van der Waals surface area contributed by atoms with E-state index in [2.05, 4.69) is 0 Å². The van der Waals surface area contributed by atoms with E-state index in [4.69, 9.17) is 14.2 Å². The predicted octanol–water partition coefficient (Wildman–Crippen LogP) is 4.04. The highest BCUT2D eigenvalue weighted by atomic mass is 16.6. The summed E-state index contributed by atoms with van der Waals surface area (Å²) in [4.78, 5) is 14.2. The van der Waals surface area contributed by atoms with Gasteiger partial charge in [0.05, 0.1) is 26.5 Å². The zero-order chi connectivity index (χ0) is 19.9. The lowest BCUT2D eigenvalue weighted by molar-refractivity contribution is 0.0577. The standard InChI is InChI=1S/C20H23NO6/c1-20(2,3)27-19(24)21-10-12-14(11-8-6-7-9-13(11)21)16(23)18(26-5)17(25-4)15(12)22/h6-9,22-23H,10H2,1-5H3. The molecule has 27 heavy (non-hydrogen) atoms. The summed E-state index contributed by atoms with van der Waals surface area (Å²) >= 11 is 0. The molecule has 2 aromatic rings. The number of amides is 1. The number of rotatable bonds is 2. The van der Waals surface area contributed by atoms with Gasteiger partial charge in [-0.2, -0.15) is 0 Å². The van der Waals surface area contributed by atoms with E-state index >= 15 is 0 Å². The summed E-state index contributed by atoms with van der Waals surface area (Å²) in [5.74, 6) is -0.296. The number of methoxy groups -OCH3 is 2. The first-order chi connectivity index (χ1) is 12.7. The molecule has 0 bridgehead atoms. The highest BCUT2D eigenvalue weighted by Gasteiger charge is 2.36. The maximum atomic E-state index is 12.8. The summed E-state index contributed by atoms with van der Waals surface area (Å²) in [6.07, 6.45) is -0.547. The van der Waals surface area contributed by atoms with Gasteiger partial charge in [0.15, 0.2) is 11.5 Å². The molecule has 1 amide bonds. The van der Waals surface area contributed by atoms with Crippen LogP contribution in [0.3, 0.4) is 0 Å². The zero-order valence-electron chi connectivity index (χ0n) is 16.0. The van der Waals surface area contributed by atoms with Gasteiger partial charge in [-0.25, -0.2) is 4.79 Å². The number of fused-ring (bicyclic) bond motifs is 3. The van der Waals surface area contributed by atoms with E-state index < -0.39 is 11.7 Å². The monoisotopic (exact) mass is 373 g/mol. The van der Waals surface area contributed by atoms with Gasteiger partial charge >= 0.3 is 6.09 Å². The predicted molar refractivity (Wildman–Crippen MR) is 101 cm³/mol. The minimum absolute atomic E-state index is 0.0114. The minimum Gasteiger partial charge on any atom is -0.504 e. The van der Waals surface area contributed by atoms with Crippen LogP contribution in [-0.4, -0.2) is 36.1 Å². The van der Waals surface area contributed by atoms with Crippen LogP contribution in [0.15, 0.2) is 24.3 Å². The lowest BCUT2D eigenvalue weighted by Gasteiger charge is -2.34. The van der Waals surface area contributed by atoms with Crippen LogP contribution in [0.4, 0.5) is 10.5 Å². The third-order valence-corrected chi connectivity index (χ3v) is 4.26. The molecule has 0 saturated heterocycles. The Kier molecular flexibility index (Phi) is 4.55. The molecule has 0 spiro atoms. The molecule has 0 unspecified atom stereocenters. The molecule has 0 aromatic heterocycles. The van der Waals surface area contributed by atoms with Gasteiger partial charge in [-0.15, -0.1) is 0 Å². The Labute approximate surface area is 157 Å². The molecular weight excluding hydrogens is 350 g/mol. The molecule has 144 valence electrons. The first-order valence-corrected chi connectivity index (χ1v) is 8.48. The van der Waals surface area contributed by atoms with Crippen LogP contribution in [0.5, 0.6) is 23.0 Å². The van der Waals surface area contributed by atoms with Crippen molar-refractivity contribution in [1.82, 2.24) is 0 Å². The highest BCUT2D eigenvalue weighted by Crippen LogP contribution is 2.56. The molecule has 1 heterocycles. The Morgan fingerprint density at radius 1 is 1.04 bits per heavy atom. The Morgan fingerprint density at radius 3 is 2.22 bits per heavy atom. The van der Waals surface area contributed by atoms with Gasteiger partial charge in [-0.3, -0.25) is 4.90 Å². The van der Waals surface area contributed by atoms with Crippen LogP contribution >= 0.6 is 0 Å². The van der Waals surface area contributed by atoms with Gasteiger partial charge in [0.1, 0.15) is 5.60 Å². The van der Waals surface area contributed by atoms with Crippen molar-refractivity contribution in [2.24, 2.45) is 0 Å². The fourth-order valence-electron chi connectivity index (χ4n) is 3.19. The van der Waals surface area contributed by atoms with E-state index in [0.29, 0.717) is 22.4 Å². The first-order valence-electron chi connectivity index (χ1n) is 8.48. The van der Waals surface area contributed by atoms with Crippen LogP contribution in [0.1, 0.15) is 26.3 Å². The summed E-state index contributed by atoms with van der Waals surface area (Å²) < 4.78 is 15.9. The molecule has 0 aliphatic carbocycles. The molecule has 2 aromatic carbocycles. The molecule has 1 aliphatic heterocycles. The highest BCUT2D eigenvalue weighted by molar-refractivity contribution is 6.00. The fourth-order valence-corrected chi connectivity index (χ4v) is 3.19. The third-order valence-electron chi connectivity index (χ3n) is 4.26.